The summed E-state index contributed by atoms with van der Waals surface area (Å²) >= 11 is 6.38. The number of guanidine groups is 1. The van der Waals surface area contributed by atoms with Crippen LogP contribution in [0.3, 0.4) is 0 Å². The first kappa shape index (κ1) is 29.4. The van der Waals surface area contributed by atoms with E-state index in [4.69, 9.17) is 17.3 Å². The molecule has 2 atom stereocenters. The minimum Gasteiger partial charge on any atom is -0.369 e. The van der Waals surface area contributed by atoms with Gasteiger partial charge in [-0.2, -0.15) is 20.1 Å². The molecular formula is C28H27ClF2N10O3S. The molecule has 17 heteroatoms. The van der Waals surface area contributed by atoms with Crippen molar-refractivity contribution in [2.24, 2.45) is 10.7 Å². The number of alkyl halides is 2. The van der Waals surface area contributed by atoms with E-state index in [1.54, 1.807) is 29.2 Å². The molecule has 2 aromatic heterocycles. The van der Waals surface area contributed by atoms with Crippen molar-refractivity contribution in [1.29, 1.82) is 0 Å². The Bertz CT molecular complexity index is 1900. The molecular weight excluding hydrogens is 630 g/mol. The Hall–Kier alpha value is -4.28. The van der Waals surface area contributed by atoms with Gasteiger partial charge in [-0.3, -0.25) is 9.69 Å². The van der Waals surface area contributed by atoms with Crippen molar-refractivity contribution in [1.82, 2.24) is 39.4 Å². The molecule has 0 saturated heterocycles. The monoisotopic (exact) mass is 656 g/mol. The molecule has 0 radical (unpaired) electrons. The number of carbonyl (C=O) groups excluding carboxylic acids is 1. The molecule has 2 aromatic carbocycles. The SMILES string of the molecule is NC1=N[C@H](c2ccc(-c3cnn(C4CC4)n3)cc2)C(=O)N1[C@H](CNS(=O)(=O)C1CC1)c1ccc(Cl)c(-n2ncnc2C(F)F)c1. The summed E-state index contributed by atoms with van der Waals surface area (Å²) in [5.74, 6) is -1.24. The number of sulfonamides is 1. The zero-order chi connectivity index (χ0) is 31.5. The fourth-order valence-corrected chi connectivity index (χ4v) is 6.86. The van der Waals surface area contributed by atoms with Crippen LogP contribution in [0.1, 0.15) is 67.2 Å². The second-order valence-corrected chi connectivity index (χ2v) is 13.6. The normalized spacial score (nSPS) is 19.4. The number of hydrogen-bond acceptors (Lipinski definition) is 9. The highest BCUT2D eigenvalue weighted by Gasteiger charge is 2.42. The lowest BCUT2D eigenvalue weighted by atomic mass is 10.0. The van der Waals surface area contributed by atoms with Gasteiger partial charge in [-0.25, -0.2) is 36.6 Å². The van der Waals surface area contributed by atoms with E-state index in [0.717, 1.165) is 29.4 Å². The predicted molar refractivity (Wildman–Crippen MR) is 159 cm³/mol. The number of nitrogens with zero attached hydrogens (tertiary/aromatic N) is 8. The van der Waals surface area contributed by atoms with Crippen LogP contribution in [-0.4, -0.2) is 66.7 Å². The summed E-state index contributed by atoms with van der Waals surface area (Å²) in [5, 5.41) is 12.3. The van der Waals surface area contributed by atoms with Crippen LogP contribution in [0.15, 0.2) is 60.0 Å². The molecule has 2 saturated carbocycles. The van der Waals surface area contributed by atoms with Crippen molar-refractivity contribution in [3.8, 4) is 16.9 Å². The second kappa shape index (κ2) is 11.3. The zero-order valence-corrected chi connectivity index (χ0v) is 25.1. The summed E-state index contributed by atoms with van der Waals surface area (Å²) in [6.45, 7) is -0.247. The molecule has 2 aliphatic carbocycles. The standard InChI is InChI=1S/C28H27ClF2N10O3S/c29-20-10-5-17(11-22(20)40-26(25(30)31)33-14-35-40)23(13-36-45(43,44)19-8-9-19)39-27(42)24(37-28(39)32)16-3-1-15(2-4-16)21-12-34-41(38-21)18-6-7-18/h1-5,10-12,14,18-19,23-25,36H,6-9,13H2,(H2,32,37)/t23-,24-/m1/s1. The Morgan fingerprint density at radius 3 is 2.51 bits per heavy atom. The summed E-state index contributed by atoms with van der Waals surface area (Å²) < 4.78 is 56.4. The summed E-state index contributed by atoms with van der Waals surface area (Å²) in [5.41, 5.74) is 8.88. The van der Waals surface area contributed by atoms with Crippen LogP contribution >= 0.6 is 11.6 Å². The number of carbonyl (C=O) groups is 1. The van der Waals surface area contributed by atoms with Gasteiger partial charge in [0.15, 0.2) is 17.8 Å². The van der Waals surface area contributed by atoms with E-state index in [9.17, 15) is 22.0 Å². The first-order valence-corrected chi connectivity index (χ1v) is 16.2. The van der Waals surface area contributed by atoms with Crippen molar-refractivity contribution in [2.75, 3.05) is 6.54 Å². The van der Waals surface area contributed by atoms with Crippen LogP contribution in [0.5, 0.6) is 0 Å². The largest absolute Gasteiger partial charge is 0.369 e. The zero-order valence-electron chi connectivity index (χ0n) is 23.5. The van der Waals surface area contributed by atoms with Crippen LogP contribution in [0.25, 0.3) is 16.9 Å². The minimum absolute atomic E-state index is 0.0740. The van der Waals surface area contributed by atoms with E-state index in [-0.39, 0.29) is 23.2 Å². The number of benzene rings is 2. The summed E-state index contributed by atoms with van der Waals surface area (Å²) in [7, 11) is -3.67. The fourth-order valence-electron chi connectivity index (χ4n) is 5.28. The Balaban J connectivity index is 1.20. The molecule has 234 valence electrons. The average molecular weight is 657 g/mol. The van der Waals surface area contributed by atoms with Crippen molar-refractivity contribution in [3.63, 3.8) is 0 Å². The Morgan fingerprint density at radius 1 is 1.07 bits per heavy atom. The fraction of sp³-hybridized carbons (Fsp3) is 0.357. The Kier molecular flexibility index (Phi) is 7.37. The van der Waals surface area contributed by atoms with Crippen LogP contribution in [0, 0.1) is 0 Å². The molecule has 4 aromatic rings. The number of nitrogens with one attached hydrogen (secondary N) is 1. The third-order valence-electron chi connectivity index (χ3n) is 7.99. The third-order valence-corrected chi connectivity index (χ3v) is 10.2. The highest BCUT2D eigenvalue weighted by molar-refractivity contribution is 7.90. The molecule has 3 aliphatic rings. The van der Waals surface area contributed by atoms with Crippen LogP contribution in [-0.2, 0) is 14.8 Å². The number of nitrogens with two attached hydrogens (primary N) is 1. The quantitative estimate of drug-likeness (QED) is 0.248. The Morgan fingerprint density at radius 2 is 1.82 bits per heavy atom. The van der Waals surface area contributed by atoms with Gasteiger partial charge >= 0.3 is 0 Å². The number of rotatable bonds is 11. The topological polar surface area (TPSA) is 166 Å². The lowest BCUT2D eigenvalue weighted by Gasteiger charge is -2.29. The van der Waals surface area contributed by atoms with Gasteiger partial charge in [-0.1, -0.05) is 41.9 Å². The van der Waals surface area contributed by atoms with Crippen molar-refractivity contribution >= 4 is 33.5 Å². The van der Waals surface area contributed by atoms with E-state index in [1.165, 1.54) is 17.0 Å². The molecule has 0 bridgehead atoms. The molecule has 45 heavy (non-hydrogen) atoms. The van der Waals surface area contributed by atoms with E-state index >= 15 is 0 Å². The Labute approximate surface area is 261 Å². The highest BCUT2D eigenvalue weighted by Crippen LogP contribution is 2.37. The highest BCUT2D eigenvalue weighted by atomic mass is 35.5. The lowest BCUT2D eigenvalue weighted by molar-refractivity contribution is -0.129. The van der Waals surface area contributed by atoms with Crippen LogP contribution < -0.4 is 10.5 Å². The van der Waals surface area contributed by atoms with E-state index in [1.807, 2.05) is 12.1 Å². The van der Waals surface area contributed by atoms with Crippen molar-refractivity contribution in [2.45, 2.75) is 55.5 Å². The van der Waals surface area contributed by atoms with Gasteiger partial charge in [-0.05, 0) is 48.9 Å². The summed E-state index contributed by atoms with van der Waals surface area (Å²) in [4.78, 5) is 24.9. The average Bonchev–Trinajstić information content (AvgIpc) is 3.94. The summed E-state index contributed by atoms with van der Waals surface area (Å²) in [6, 6.07) is 10.0. The number of aromatic nitrogens is 6. The predicted octanol–water partition coefficient (Wildman–Crippen LogP) is 3.47. The molecule has 13 nitrogen and oxygen atoms in total. The van der Waals surface area contributed by atoms with Gasteiger partial charge in [-0.15, -0.1) is 0 Å². The minimum atomic E-state index is -3.67. The molecule has 0 unspecified atom stereocenters. The first-order valence-electron chi connectivity index (χ1n) is 14.3. The van der Waals surface area contributed by atoms with Gasteiger partial charge in [0.2, 0.25) is 10.0 Å². The van der Waals surface area contributed by atoms with Gasteiger partial charge in [0.05, 0.1) is 34.2 Å². The first-order chi connectivity index (χ1) is 21.6. The second-order valence-electron chi connectivity index (χ2n) is 11.2. The molecule has 3 heterocycles. The molecule has 1 amide bonds. The van der Waals surface area contributed by atoms with Gasteiger partial charge in [0.25, 0.3) is 12.3 Å². The molecule has 1 aliphatic heterocycles. The summed E-state index contributed by atoms with van der Waals surface area (Å²) in [6.07, 6.45) is 2.93. The van der Waals surface area contributed by atoms with E-state index in [2.05, 4.69) is 30.0 Å². The number of amides is 1. The van der Waals surface area contributed by atoms with Gasteiger partial charge in [0, 0.05) is 12.1 Å². The smallest absolute Gasteiger partial charge is 0.297 e. The van der Waals surface area contributed by atoms with E-state index in [0.29, 0.717) is 35.7 Å². The van der Waals surface area contributed by atoms with Gasteiger partial charge < -0.3 is 5.73 Å². The van der Waals surface area contributed by atoms with Crippen molar-refractivity contribution in [3.05, 3.63) is 77.0 Å². The third kappa shape index (κ3) is 5.68. The molecule has 0 spiro atoms. The van der Waals surface area contributed by atoms with Crippen LogP contribution in [0.2, 0.25) is 5.02 Å². The van der Waals surface area contributed by atoms with E-state index < -0.39 is 45.5 Å². The van der Waals surface area contributed by atoms with Crippen LogP contribution in [0.4, 0.5) is 8.78 Å². The maximum absolute atomic E-state index is 13.9. The molecule has 2 fully saturated rings. The molecule has 7 rings (SSSR count). The molecule has 3 N–H and O–H groups in total. The number of aliphatic imine (C=N–C) groups is 1. The van der Waals surface area contributed by atoms with Gasteiger partial charge in [0.1, 0.15) is 12.0 Å². The maximum Gasteiger partial charge on any atom is 0.297 e. The number of halogens is 3. The van der Waals surface area contributed by atoms with Crippen molar-refractivity contribution < 1.29 is 22.0 Å². The maximum atomic E-state index is 13.9. The lowest BCUT2D eigenvalue weighted by Crippen LogP contribution is -2.46. The number of hydrogen-bond donors (Lipinski definition) is 2.